The second kappa shape index (κ2) is 6.28. The molecule has 1 aromatic rings. The molecule has 0 aliphatic carbocycles. The van der Waals surface area contributed by atoms with Gasteiger partial charge in [-0.1, -0.05) is 0 Å². The maximum absolute atomic E-state index is 12.2. The number of carbonyl (C=O) groups excluding carboxylic acids is 1. The highest BCUT2D eigenvalue weighted by molar-refractivity contribution is 6.17. The summed E-state index contributed by atoms with van der Waals surface area (Å²) in [5, 5.41) is 10.8. The molecule has 9 heteroatoms. The Morgan fingerprint density at radius 1 is 1.53 bits per heavy atom. The molecule has 1 aromatic carbocycles. The van der Waals surface area contributed by atoms with Crippen LogP contribution in [0.1, 0.15) is 15.9 Å². The van der Waals surface area contributed by atoms with Gasteiger partial charge >= 0.3 is 18.3 Å². The van der Waals surface area contributed by atoms with Crippen molar-refractivity contribution in [1.82, 2.24) is 0 Å². The van der Waals surface area contributed by atoms with E-state index in [9.17, 15) is 23.7 Å². The average molecular weight is 296 g/mol. The van der Waals surface area contributed by atoms with Crippen molar-refractivity contribution in [2.75, 3.05) is 7.11 Å². The maximum Gasteiger partial charge on any atom is 0.387 e. The fourth-order valence-electron chi connectivity index (χ4n) is 1.40. The van der Waals surface area contributed by atoms with Gasteiger partial charge in [-0.05, 0) is 6.07 Å². The molecule has 0 saturated carbocycles. The van der Waals surface area contributed by atoms with Gasteiger partial charge in [0.1, 0.15) is 0 Å². The summed E-state index contributed by atoms with van der Waals surface area (Å²) < 4.78 is 32.9. The van der Waals surface area contributed by atoms with Crippen LogP contribution in [0, 0.1) is 10.1 Å². The quantitative estimate of drug-likeness (QED) is 0.361. The van der Waals surface area contributed by atoms with Crippen LogP contribution < -0.4 is 4.74 Å². The van der Waals surface area contributed by atoms with E-state index in [0.29, 0.717) is 0 Å². The van der Waals surface area contributed by atoms with Crippen LogP contribution in [0.5, 0.6) is 5.75 Å². The minimum Gasteiger partial charge on any atom is -0.465 e. The number of esters is 1. The number of halogens is 3. The normalized spacial score (nSPS) is 10.4. The summed E-state index contributed by atoms with van der Waals surface area (Å²) in [5.74, 6) is -1.93. The van der Waals surface area contributed by atoms with E-state index in [1.165, 1.54) is 0 Å². The zero-order chi connectivity index (χ0) is 14.6. The molecule has 1 rings (SSSR count). The SMILES string of the molecule is COC(=O)c1cc(CCl)c([N+](=O)[O-])c(OC(F)F)c1. The molecule has 0 heterocycles. The molecule has 6 nitrogen and oxygen atoms in total. The number of nitro benzene ring substituents is 1. The molecular weight excluding hydrogens is 288 g/mol. The summed E-state index contributed by atoms with van der Waals surface area (Å²) in [5.41, 5.74) is -0.993. The van der Waals surface area contributed by atoms with Gasteiger partial charge < -0.3 is 9.47 Å². The summed E-state index contributed by atoms with van der Waals surface area (Å²) in [7, 11) is 1.08. The van der Waals surface area contributed by atoms with Crippen molar-refractivity contribution in [3.8, 4) is 5.75 Å². The number of alkyl halides is 3. The molecule has 0 aliphatic heterocycles. The first-order chi connectivity index (χ1) is 8.90. The number of rotatable bonds is 5. The van der Waals surface area contributed by atoms with Crippen molar-refractivity contribution in [3.63, 3.8) is 0 Å². The Hall–Kier alpha value is -1.96. The van der Waals surface area contributed by atoms with Crippen molar-refractivity contribution in [3.05, 3.63) is 33.4 Å². The van der Waals surface area contributed by atoms with Crippen LogP contribution in [-0.2, 0) is 10.6 Å². The van der Waals surface area contributed by atoms with Crippen LogP contribution in [0.15, 0.2) is 12.1 Å². The molecule has 0 spiro atoms. The number of methoxy groups -OCH3 is 1. The summed E-state index contributed by atoms with van der Waals surface area (Å²) in [6, 6.07) is 1.90. The molecule has 0 unspecified atom stereocenters. The van der Waals surface area contributed by atoms with E-state index in [2.05, 4.69) is 9.47 Å². The van der Waals surface area contributed by atoms with Crippen LogP contribution in [0.2, 0.25) is 0 Å². The maximum atomic E-state index is 12.2. The summed E-state index contributed by atoms with van der Waals surface area (Å²) in [6.45, 7) is -3.27. The Kier molecular flexibility index (Phi) is 4.99. The highest BCUT2D eigenvalue weighted by Crippen LogP contribution is 2.34. The Morgan fingerprint density at radius 3 is 2.58 bits per heavy atom. The van der Waals surface area contributed by atoms with Crippen molar-refractivity contribution in [2.24, 2.45) is 0 Å². The molecule has 0 bridgehead atoms. The lowest BCUT2D eigenvalue weighted by Gasteiger charge is -2.09. The van der Waals surface area contributed by atoms with Crippen LogP contribution >= 0.6 is 11.6 Å². The molecule has 0 atom stereocenters. The molecule has 0 aliphatic rings. The van der Waals surface area contributed by atoms with E-state index in [1.54, 1.807) is 0 Å². The Labute approximate surface area is 111 Å². The van der Waals surface area contributed by atoms with E-state index in [0.717, 1.165) is 19.2 Å². The Bertz CT molecular complexity index is 509. The van der Waals surface area contributed by atoms with Gasteiger partial charge in [0.2, 0.25) is 5.75 Å². The number of hydrogen-bond acceptors (Lipinski definition) is 5. The fourth-order valence-corrected chi connectivity index (χ4v) is 1.60. The highest BCUT2D eigenvalue weighted by Gasteiger charge is 2.26. The van der Waals surface area contributed by atoms with E-state index in [4.69, 9.17) is 11.6 Å². The molecule has 0 saturated heterocycles. The number of nitro groups is 1. The van der Waals surface area contributed by atoms with Crippen molar-refractivity contribution < 1.29 is 28.0 Å². The topological polar surface area (TPSA) is 78.7 Å². The van der Waals surface area contributed by atoms with Gasteiger partial charge in [-0.3, -0.25) is 10.1 Å². The van der Waals surface area contributed by atoms with E-state index < -0.39 is 28.9 Å². The molecule has 19 heavy (non-hydrogen) atoms. The largest absolute Gasteiger partial charge is 0.465 e. The molecule has 0 N–H and O–H groups in total. The fraction of sp³-hybridized carbons (Fsp3) is 0.300. The summed E-state index contributed by atoms with van der Waals surface area (Å²) >= 11 is 5.50. The predicted molar refractivity (Wildman–Crippen MR) is 60.6 cm³/mol. The lowest BCUT2D eigenvalue weighted by molar-refractivity contribution is -0.387. The third-order valence-corrected chi connectivity index (χ3v) is 2.41. The van der Waals surface area contributed by atoms with Crippen LogP contribution in [0.4, 0.5) is 14.5 Å². The highest BCUT2D eigenvalue weighted by atomic mass is 35.5. The van der Waals surface area contributed by atoms with E-state index >= 15 is 0 Å². The van der Waals surface area contributed by atoms with Gasteiger partial charge in [-0.25, -0.2) is 4.79 Å². The molecule has 0 radical (unpaired) electrons. The van der Waals surface area contributed by atoms with Gasteiger partial charge in [0.05, 0.1) is 23.5 Å². The van der Waals surface area contributed by atoms with E-state index in [-0.39, 0.29) is 17.0 Å². The third kappa shape index (κ3) is 3.50. The van der Waals surface area contributed by atoms with Crippen LogP contribution in [-0.4, -0.2) is 24.6 Å². The van der Waals surface area contributed by atoms with E-state index in [1.807, 2.05) is 0 Å². The predicted octanol–water partition coefficient (Wildman–Crippen LogP) is 2.72. The average Bonchev–Trinajstić information content (AvgIpc) is 2.35. The molecule has 0 fully saturated rings. The summed E-state index contributed by atoms with van der Waals surface area (Å²) in [4.78, 5) is 21.3. The van der Waals surface area contributed by atoms with Crippen LogP contribution in [0.3, 0.4) is 0 Å². The second-order valence-electron chi connectivity index (χ2n) is 3.24. The smallest absolute Gasteiger partial charge is 0.387 e. The van der Waals surface area contributed by atoms with Crippen LogP contribution in [0.25, 0.3) is 0 Å². The zero-order valence-electron chi connectivity index (χ0n) is 9.56. The van der Waals surface area contributed by atoms with Gasteiger partial charge in [-0.15, -0.1) is 11.6 Å². The first-order valence-corrected chi connectivity index (χ1v) is 5.34. The first-order valence-electron chi connectivity index (χ1n) is 4.81. The zero-order valence-corrected chi connectivity index (χ0v) is 10.3. The number of benzene rings is 1. The molecule has 0 amide bonds. The van der Waals surface area contributed by atoms with Gasteiger partial charge in [0.15, 0.2) is 0 Å². The Balaban J connectivity index is 3.44. The van der Waals surface area contributed by atoms with Crippen molar-refractivity contribution in [1.29, 1.82) is 0 Å². The Morgan fingerprint density at radius 2 is 2.16 bits per heavy atom. The van der Waals surface area contributed by atoms with Crippen molar-refractivity contribution >= 4 is 23.3 Å². The number of carbonyl (C=O) groups is 1. The van der Waals surface area contributed by atoms with Crippen molar-refractivity contribution in [2.45, 2.75) is 12.5 Å². The van der Waals surface area contributed by atoms with Gasteiger partial charge in [-0.2, -0.15) is 8.78 Å². The minimum absolute atomic E-state index is 0.120. The van der Waals surface area contributed by atoms with Gasteiger partial charge in [0.25, 0.3) is 0 Å². The number of ether oxygens (including phenoxy) is 2. The monoisotopic (exact) mass is 295 g/mol. The first kappa shape index (κ1) is 15.1. The standard InChI is InChI=1S/C10H8ClF2NO5/c1-18-9(15)5-2-6(4-11)8(14(16)17)7(3-5)19-10(12)13/h2-3,10H,4H2,1H3. The second-order valence-corrected chi connectivity index (χ2v) is 3.51. The number of hydrogen-bond donors (Lipinski definition) is 0. The number of nitrogens with zero attached hydrogens (tertiary/aromatic N) is 1. The molecular formula is C10H8ClF2NO5. The lowest BCUT2D eigenvalue weighted by Crippen LogP contribution is -2.09. The molecule has 104 valence electrons. The summed E-state index contributed by atoms with van der Waals surface area (Å²) in [6.07, 6.45) is 0. The minimum atomic E-state index is -3.27. The van der Waals surface area contributed by atoms with Gasteiger partial charge in [0, 0.05) is 11.6 Å². The third-order valence-electron chi connectivity index (χ3n) is 2.12. The lowest BCUT2D eigenvalue weighted by atomic mass is 10.1. The molecule has 0 aromatic heterocycles.